The smallest absolute Gasteiger partial charge is 0.303 e. The molecule has 2 fully saturated rings. The van der Waals surface area contributed by atoms with Crippen LogP contribution in [0.5, 0.6) is 0 Å². The van der Waals surface area contributed by atoms with E-state index in [1.807, 2.05) is 78.9 Å². The second-order valence-corrected chi connectivity index (χ2v) is 13.2. The fraction of sp³-hybridized carbons (Fsp3) is 0.350. The number of piperazine rings is 1. The van der Waals surface area contributed by atoms with E-state index in [0.29, 0.717) is 6.42 Å². The molecule has 0 spiro atoms. The predicted octanol–water partition coefficient (Wildman–Crippen LogP) is 5.69. The molecule has 4 unspecified atom stereocenters. The van der Waals surface area contributed by atoms with Crippen molar-refractivity contribution in [1.29, 1.82) is 0 Å². The number of nitro groups is 1. The number of nitro benzene ring substituents is 1. The van der Waals surface area contributed by atoms with Crippen LogP contribution in [0.25, 0.3) is 11.1 Å². The van der Waals surface area contributed by atoms with Gasteiger partial charge in [0.05, 0.1) is 23.7 Å². The van der Waals surface area contributed by atoms with E-state index in [0.717, 1.165) is 71.8 Å². The van der Waals surface area contributed by atoms with Crippen LogP contribution in [0.4, 0.5) is 11.4 Å². The Bertz CT molecular complexity index is 1840. The quantitative estimate of drug-likeness (QED) is 0.107. The van der Waals surface area contributed by atoms with E-state index >= 15 is 0 Å². The lowest BCUT2D eigenvalue weighted by atomic mass is 9.98. The monoisotopic (exact) mass is 708 g/mol. The number of aliphatic hydroxyl groups excluding tert-OH is 1. The van der Waals surface area contributed by atoms with E-state index in [1.165, 1.54) is 13.8 Å². The summed E-state index contributed by atoms with van der Waals surface area (Å²) in [6.07, 6.45) is -1.16. The number of nitrogens with zero attached hydrogens (tertiary/aromatic N) is 3. The van der Waals surface area contributed by atoms with Gasteiger partial charge in [-0.25, -0.2) is 0 Å². The molecule has 4 aromatic rings. The number of esters is 1. The van der Waals surface area contributed by atoms with Gasteiger partial charge in [0, 0.05) is 76.0 Å². The number of carbonyl (C=O) groups is 2. The van der Waals surface area contributed by atoms with Gasteiger partial charge in [0.15, 0.2) is 12.4 Å². The van der Waals surface area contributed by atoms with Crippen LogP contribution in [-0.4, -0.2) is 71.7 Å². The van der Waals surface area contributed by atoms with E-state index in [2.05, 4.69) is 21.2 Å². The SMILES string of the molecule is CC(=O)OC(C)C(=O)NCc1cccc(-c2cccc(C3OC(CN4CCN(c5ccc([N+](=O)[O-])cc5)CC4)CC(c4ccc(CO)cc4)O3)c2)c1. The molecule has 12 nitrogen and oxygen atoms in total. The number of benzene rings is 4. The molecule has 1 amide bonds. The van der Waals surface area contributed by atoms with E-state index in [1.54, 1.807) is 12.1 Å². The van der Waals surface area contributed by atoms with Crippen molar-refractivity contribution in [2.75, 3.05) is 37.6 Å². The zero-order valence-electron chi connectivity index (χ0n) is 29.4. The molecule has 4 aromatic carbocycles. The van der Waals surface area contributed by atoms with Crippen LogP contribution < -0.4 is 10.2 Å². The molecule has 4 atom stereocenters. The molecule has 272 valence electrons. The average molecular weight is 709 g/mol. The summed E-state index contributed by atoms with van der Waals surface area (Å²) in [7, 11) is 0. The number of rotatable bonds is 12. The Morgan fingerprint density at radius 1 is 0.904 bits per heavy atom. The van der Waals surface area contributed by atoms with E-state index in [9.17, 15) is 24.8 Å². The summed E-state index contributed by atoms with van der Waals surface area (Å²) in [5.41, 5.74) is 6.64. The van der Waals surface area contributed by atoms with Gasteiger partial charge in [-0.15, -0.1) is 0 Å². The van der Waals surface area contributed by atoms with Crippen molar-refractivity contribution >= 4 is 23.3 Å². The highest BCUT2D eigenvalue weighted by molar-refractivity contribution is 5.82. The average Bonchev–Trinajstić information content (AvgIpc) is 3.17. The fourth-order valence-electron chi connectivity index (χ4n) is 6.66. The summed E-state index contributed by atoms with van der Waals surface area (Å²) >= 11 is 0. The number of ether oxygens (including phenoxy) is 3. The maximum absolute atomic E-state index is 12.4. The van der Waals surface area contributed by atoms with E-state index in [-0.39, 0.29) is 41.9 Å². The van der Waals surface area contributed by atoms with Crippen LogP contribution in [0.2, 0.25) is 0 Å². The van der Waals surface area contributed by atoms with Gasteiger partial charge in [-0.3, -0.25) is 24.6 Å². The molecule has 2 N–H and O–H groups in total. The lowest BCUT2D eigenvalue weighted by molar-refractivity contribution is -0.384. The minimum absolute atomic E-state index is 0.0280. The summed E-state index contributed by atoms with van der Waals surface area (Å²) in [6, 6.07) is 30.6. The van der Waals surface area contributed by atoms with E-state index in [4.69, 9.17) is 14.2 Å². The number of nitrogens with one attached hydrogen (secondary N) is 1. The predicted molar refractivity (Wildman–Crippen MR) is 195 cm³/mol. The number of non-ortho nitro benzene ring substituents is 1. The highest BCUT2D eigenvalue weighted by Gasteiger charge is 2.34. The van der Waals surface area contributed by atoms with Gasteiger partial charge in [-0.05, 0) is 59.0 Å². The molecule has 2 saturated heterocycles. The highest BCUT2D eigenvalue weighted by atomic mass is 16.7. The Labute approximate surface area is 303 Å². The molecule has 2 aliphatic rings. The van der Waals surface area contributed by atoms with Crippen molar-refractivity contribution in [2.45, 2.75) is 58.0 Å². The minimum atomic E-state index is -0.875. The van der Waals surface area contributed by atoms with Crippen LogP contribution >= 0.6 is 0 Å². The molecule has 2 heterocycles. The molecule has 52 heavy (non-hydrogen) atoms. The normalized spacial score (nSPS) is 19.8. The second-order valence-electron chi connectivity index (χ2n) is 13.2. The summed E-state index contributed by atoms with van der Waals surface area (Å²) < 4.78 is 18.3. The third kappa shape index (κ3) is 9.39. The third-order valence-electron chi connectivity index (χ3n) is 9.47. The van der Waals surface area contributed by atoms with Gasteiger partial charge in [-0.1, -0.05) is 60.7 Å². The highest BCUT2D eigenvalue weighted by Crippen LogP contribution is 2.39. The van der Waals surface area contributed by atoms with Gasteiger partial charge in [0.1, 0.15) is 0 Å². The second kappa shape index (κ2) is 16.9. The third-order valence-corrected chi connectivity index (χ3v) is 9.47. The summed E-state index contributed by atoms with van der Waals surface area (Å²) in [5, 5.41) is 23.5. The Hall–Kier alpha value is -5.14. The van der Waals surface area contributed by atoms with Crippen molar-refractivity contribution in [3.05, 3.63) is 129 Å². The van der Waals surface area contributed by atoms with Crippen molar-refractivity contribution in [3.63, 3.8) is 0 Å². The van der Waals surface area contributed by atoms with Crippen LogP contribution in [0.3, 0.4) is 0 Å². The number of amides is 1. The van der Waals surface area contributed by atoms with Gasteiger partial charge in [0.25, 0.3) is 11.6 Å². The number of hydrogen-bond donors (Lipinski definition) is 2. The first-order valence-electron chi connectivity index (χ1n) is 17.5. The molecular formula is C40H44N4O8. The van der Waals surface area contributed by atoms with Crippen LogP contribution in [0, 0.1) is 10.1 Å². The molecule has 0 aliphatic carbocycles. The number of anilines is 1. The summed E-state index contributed by atoms with van der Waals surface area (Å²) in [4.78, 5) is 39.0. The molecule has 0 saturated carbocycles. The van der Waals surface area contributed by atoms with Gasteiger partial charge < -0.3 is 29.5 Å². The first-order valence-corrected chi connectivity index (χ1v) is 17.5. The largest absolute Gasteiger partial charge is 0.453 e. The Morgan fingerprint density at radius 2 is 1.60 bits per heavy atom. The van der Waals surface area contributed by atoms with Crippen LogP contribution in [0.15, 0.2) is 97.1 Å². The summed E-state index contributed by atoms with van der Waals surface area (Å²) in [5.74, 6) is -0.872. The molecule has 12 heteroatoms. The first-order chi connectivity index (χ1) is 25.1. The molecule has 6 rings (SSSR count). The Balaban J connectivity index is 1.15. The van der Waals surface area contributed by atoms with Gasteiger partial charge in [-0.2, -0.15) is 0 Å². The zero-order chi connectivity index (χ0) is 36.6. The molecular weight excluding hydrogens is 664 g/mol. The molecule has 0 bridgehead atoms. The number of carbonyl (C=O) groups excluding carboxylic acids is 2. The molecule has 0 radical (unpaired) electrons. The van der Waals surface area contributed by atoms with Gasteiger partial charge in [0.2, 0.25) is 0 Å². The van der Waals surface area contributed by atoms with Crippen LogP contribution in [-0.2, 0) is 37.0 Å². The topological polar surface area (TPSA) is 144 Å². The Morgan fingerprint density at radius 3 is 2.27 bits per heavy atom. The van der Waals surface area contributed by atoms with Crippen molar-refractivity contribution in [3.8, 4) is 11.1 Å². The number of hydrogen-bond acceptors (Lipinski definition) is 10. The zero-order valence-corrected chi connectivity index (χ0v) is 29.4. The van der Waals surface area contributed by atoms with Crippen molar-refractivity contribution < 1.29 is 33.8 Å². The maximum atomic E-state index is 12.4. The first kappa shape index (κ1) is 36.6. The van der Waals surface area contributed by atoms with Crippen molar-refractivity contribution in [1.82, 2.24) is 10.2 Å². The standard InChI is InChI=1S/C40H44N4O8/c1-27(50-28(2)46)39(47)41-24-30-5-3-6-32(21-30)33-7-4-8-34(22-33)40-51-37(23-38(52-40)31-11-9-29(26-45)10-12-31)25-42-17-19-43(20-18-42)35-13-15-36(16-14-35)44(48)49/h3-16,21-22,27,37-38,40,45H,17-20,23-26H2,1-2H3,(H,41,47). The lowest BCUT2D eigenvalue weighted by Crippen LogP contribution is -2.49. The lowest BCUT2D eigenvalue weighted by Gasteiger charge is -2.41. The maximum Gasteiger partial charge on any atom is 0.303 e. The van der Waals surface area contributed by atoms with E-state index < -0.39 is 18.4 Å². The van der Waals surface area contributed by atoms with Crippen molar-refractivity contribution in [2.24, 2.45) is 0 Å². The fourth-order valence-corrected chi connectivity index (χ4v) is 6.66. The molecule has 0 aromatic heterocycles. The van der Waals surface area contributed by atoms with Gasteiger partial charge >= 0.3 is 5.97 Å². The minimum Gasteiger partial charge on any atom is -0.453 e. The number of aliphatic hydroxyl groups is 1. The molecule has 2 aliphatic heterocycles. The van der Waals surface area contributed by atoms with Crippen LogP contribution in [0.1, 0.15) is 54.9 Å². The Kier molecular flexibility index (Phi) is 11.9. The summed E-state index contributed by atoms with van der Waals surface area (Å²) in [6.45, 7) is 7.04.